The summed E-state index contributed by atoms with van der Waals surface area (Å²) in [4.78, 5) is 18.8. The van der Waals surface area contributed by atoms with Crippen LogP contribution in [-0.4, -0.2) is 36.4 Å². The average Bonchev–Trinajstić information content (AvgIpc) is 3.33. The Kier molecular flexibility index (Phi) is 6.84. The Morgan fingerprint density at radius 3 is 2.75 bits per heavy atom. The molecule has 2 heterocycles. The minimum absolute atomic E-state index is 0.00662. The zero-order chi connectivity index (χ0) is 19.9. The first kappa shape index (κ1) is 20.1. The van der Waals surface area contributed by atoms with E-state index >= 15 is 0 Å². The van der Waals surface area contributed by atoms with Gasteiger partial charge in [-0.3, -0.25) is 9.69 Å². The van der Waals surface area contributed by atoms with Gasteiger partial charge in [-0.15, -0.1) is 11.3 Å². The number of hydrogen-bond acceptors (Lipinski definition) is 6. The molecule has 0 saturated carbocycles. The lowest BCUT2D eigenvalue weighted by Gasteiger charge is -2.22. The molecule has 0 spiro atoms. The maximum Gasteiger partial charge on any atom is 0.226 e. The number of benzene rings is 1. The van der Waals surface area contributed by atoms with E-state index in [1.807, 2.05) is 67.7 Å². The lowest BCUT2D eigenvalue weighted by molar-refractivity contribution is -0.120. The number of furan rings is 1. The molecule has 148 valence electrons. The Bertz CT molecular complexity index is 873. The highest BCUT2D eigenvalue weighted by Gasteiger charge is 2.18. The number of amides is 1. The molecule has 7 heteroatoms. The van der Waals surface area contributed by atoms with Crippen LogP contribution in [0.15, 0.2) is 52.5 Å². The van der Waals surface area contributed by atoms with Crippen molar-refractivity contribution in [2.75, 3.05) is 20.6 Å². The van der Waals surface area contributed by atoms with E-state index < -0.39 is 0 Å². The second-order valence-corrected chi connectivity index (χ2v) is 7.75. The number of likely N-dealkylation sites (N-methyl/N-ethyl adjacent to an activating group) is 1. The molecule has 1 amide bonds. The molecule has 6 nitrogen and oxygen atoms in total. The van der Waals surface area contributed by atoms with E-state index in [4.69, 9.17) is 9.15 Å². The Labute approximate surface area is 169 Å². The lowest BCUT2D eigenvalue weighted by Crippen LogP contribution is -2.35. The maximum atomic E-state index is 12.3. The maximum absolute atomic E-state index is 12.3. The Morgan fingerprint density at radius 1 is 1.29 bits per heavy atom. The van der Waals surface area contributed by atoms with Crippen LogP contribution in [-0.2, 0) is 17.8 Å². The van der Waals surface area contributed by atoms with Gasteiger partial charge < -0.3 is 14.5 Å². The van der Waals surface area contributed by atoms with Gasteiger partial charge in [0.15, 0.2) is 0 Å². The van der Waals surface area contributed by atoms with Crippen LogP contribution in [0.4, 0.5) is 0 Å². The fourth-order valence-corrected chi connectivity index (χ4v) is 3.44. The van der Waals surface area contributed by atoms with E-state index in [-0.39, 0.29) is 18.4 Å². The second kappa shape index (κ2) is 9.52. The van der Waals surface area contributed by atoms with Crippen LogP contribution in [0, 0.1) is 6.92 Å². The lowest BCUT2D eigenvalue weighted by atomic mass is 10.2. The van der Waals surface area contributed by atoms with E-state index in [0.717, 1.165) is 22.2 Å². The largest absolute Gasteiger partial charge is 0.486 e. The molecule has 0 saturated heterocycles. The molecule has 0 aliphatic carbocycles. The third kappa shape index (κ3) is 5.68. The first-order chi connectivity index (χ1) is 13.5. The quantitative estimate of drug-likeness (QED) is 0.596. The molecule has 3 aromatic rings. The predicted octanol–water partition coefficient (Wildman–Crippen LogP) is 3.59. The third-order valence-electron chi connectivity index (χ3n) is 4.31. The molecule has 0 fully saturated rings. The molecule has 1 aromatic carbocycles. The summed E-state index contributed by atoms with van der Waals surface area (Å²) in [5.41, 5.74) is 1.95. The summed E-state index contributed by atoms with van der Waals surface area (Å²) in [7, 11) is 3.92. The van der Waals surface area contributed by atoms with Crippen LogP contribution in [0.25, 0.3) is 0 Å². The third-order valence-corrected chi connectivity index (χ3v) is 5.18. The molecule has 0 aliphatic rings. The minimum Gasteiger partial charge on any atom is -0.486 e. The van der Waals surface area contributed by atoms with Crippen molar-refractivity contribution in [1.82, 2.24) is 15.2 Å². The van der Waals surface area contributed by atoms with Crippen LogP contribution >= 0.6 is 11.3 Å². The summed E-state index contributed by atoms with van der Waals surface area (Å²) in [5.74, 6) is 1.58. The number of rotatable bonds is 9. The molecule has 0 aliphatic heterocycles. The van der Waals surface area contributed by atoms with Gasteiger partial charge in [-0.25, -0.2) is 4.98 Å². The van der Waals surface area contributed by atoms with Gasteiger partial charge >= 0.3 is 0 Å². The number of nitrogens with one attached hydrogen (secondary N) is 1. The molecule has 1 unspecified atom stereocenters. The highest BCUT2D eigenvalue weighted by molar-refractivity contribution is 7.09. The van der Waals surface area contributed by atoms with Gasteiger partial charge in [0.25, 0.3) is 0 Å². The van der Waals surface area contributed by atoms with Crippen LogP contribution in [0.3, 0.4) is 0 Å². The zero-order valence-electron chi connectivity index (χ0n) is 16.3. The molecular formula is C21H25N3O3S. The summed E-state index contributed by atoms with van der Waals surface area (Å²) in [6, 6.07) is 11.7. The van der Waals surface area contributed by atoms with E-state index in [0.29, 0.717) is 13.2 Å². The van der Waals surface area contributed by atoms with Crippen molar-refractivity contribution < 1.29 is 13.9 Å². The van der Waals surface area contributed by atoms with Crippen molar-refractivity contribution in [3.05, 3.63) is 70.1 Å². The van der Waals surface area contributed by atoms with Crippen molar-refractivity contribution in [1.29, 1.82) is 0 Å². The number of carbonyl (C=O) groups excluding carboxylic acids is 1. The molecule has 3 rings (SSSR count). The minimum atomic E-state index is -0.0605. The summed E-state index contributed by atoms with van der Waals surface area (Å²) in [5, 5.41) is 5.72. The number of aryl methyl sites for hydroxylation is 1. The standard InChI is InChI=1S/C21H25N3O3S/c1-15-6-8-17(9-7-15)27-13-21-23-16(14-28-21)11-20(25)22-12-18(24(2)3)19-5-4-10-26-19/h4-10,14,18H,11-13H2,1-3H3,(H,22,25). The fourth-order valence-electron chi connectivity index (χ4n) is 2.73. The van der Waals surface area contributed by atoms with Gasteiger partial charge in [0.2, 0.25) is 5.91 Å². The van der Waals surface area contributed by atoms with E-state index in [1.165, 1.54) is 16.9 Å². The molecule has 0 radical (unpaired) electrons. The summed E-state index contributed by atoms with van der Waals surface area (Å²) in [6.07, 6.45) is 1.89. The van der Waals surface area contributed by atoms with Gasteiger partial charge in [0.05, 0.1) is 24.4 Å². The van der Waals surface area contributed by atoms with Crippen molar-refractivity contribution in [2.24, 2.45) is 0 Å². The van der Waals surface area contributed by atoms with Crippen LogP contribution in [0.2, 0.25) is 0 Å². The topological polar surface area (TPSA) is 67.6 Å². The normalized spacial score (nSPS) is 12.1. The van der Waals surface area contributed by atoms with Crippen molar-refractivity contribution in [3.63, 3.8) is 0 Å². The van der Waals surface area contributed by atoms with Gasteiger partial charge in [-0.1, -0.05) is 17.7 Å². The summed E-state index contributed by atoms with van der Waals surface area (Å²) in [6.45, 7) is 2.92. The van der Waals surface area contributed by atoms with Gasteiger partial charge in [0, 0.05) is 11.9 Å². The first-order valence-electron chi connectivity index (χ1n) is 9.10. The van der Waals surface area contributed by atoms with E-state index in [1.54, 1.807) is 6.26 Å². The first-order valence-corrected chi connectivity index (χ1v) is 9.98. The number of carbonyl (C=O) groups is 1. The monoisotopic (exact) mass is 399 g/mol. The molecule has 1 atom stereocenters. The Morgan fingerprint density at radius 2 is 2.07 bits per heavy atom. The molecule has 1 N–H and O–H groups in total. The number of thiazole rings is 1. The fraction of sp³-hybridized carbons (Fsp3) is 0.333. The van der Waals surface area contributed by atoms with Crippen molar-refractivity contribution in [2.45, 2.75) is 26.0 Å². The number of ether oxygens (including phenoxy) is 1. The predicted molar refractivity (Wildman–Crippen MR) is 109 cm³/mol. The van der Waals surface area contributed by atoms with Crippen LogP contribution < -0.4 is 10.1 Å². The van der Waals surface area contributed by atoms with Crippen molar-refractivity contribution in [3.8, 4) is 5.75 Å². The number of hydrogen-bond donors (Lipinski definition) is 1. The molecule has 2 aromatic heterocycles. The molecular weight excluding hydrogens is 374 g/mol. The molecule has 0 bridgehead atoms. The highest BCUT2D eigenvalue weighted by atomic mass is 32.1. The Balaban J connectivity index is 1.47. The number of nitrogens with zero attached hydrogens (tertiary/aromatic N) is 2. The second-order valence-electron chi connectivity index (χ2n) is 6.81. The molecule has 28 heavy (non-hydrogen) atoms. The van der Waals surface area contributed by atoms with Gasteiger partial charge in [0.1, 0.15) is 23.1 Å². The van der Waals surface area contributed by atoms with E-state index in [2.05, 4.69) is 10.3 Å². The average molecular weight is 400 g/mol. The zero-order valence-corrected chi connectivity index (χ0v) is 17.2. The number of aromatic nitrogens is 1. The highest BCUT2D eigenvalue weighted by Crippen LogP contribution is 2.18. The van der Waals surface area contributed by atoms with Gasteiger partial charge in [-0.05, 0) is 45.3 Å². The van der Waals surface area contributed by atoms with Gasteiger partial charge in [-0.2, -0.15) is 0 Å². The smallest absolute Gasteiger partial charge is 0.226 e. The summed E-state index contributed by atoms with van der Waals surface area (Å²) < 4.78 is 11.2. The summed E-state index contributed by atoms with van der Waals surface area (Å²) >= 11 is 1.50. The van der Waals surface area contributed by atoms with Crippen LogP contribution in [0.5, 0.6) is 5.75 Å². The van der Waals surface area contributed by atoms with E-state index in [9.17, 15) is 4.79 Å². The SMILES string of the molecule is Cc1ccc(OCc2nc(CC(=O)NCC(c3ccco3)N(C)C)cs2)cc1. The van der Waals surface area contributed by atoms with Crippen molar-refractivity contribution >= 4 is 17.2 Å². The van der Waals surface area contributed by atoms with Crippen LogP contribution in [0.1, 0.15) is 28.1 Å². The Hall–Kier alpha value is -2.64.